The molecule has 0 spiro atoms. The van der Waals surface area contributed by atoms with E-state index >= 15 is 0 Å². The van der Waals surface area contributed by atoms with Gasteiger partial charge < -0.3 is 10.1 Å². The van der Waals surface area contributed by atoms with Gasteiger partial charge in [-0.15, -0.1) is 11.3 Å². The SMILES string of the molecule is CCOc1ccc(Nc2ncsc2C#N)cc1. The second-order valence-electron chi connectivity index (χ2n) is 3.22. The third-order valence-corrected chi connectivity index (χ3v) is 2.83. The smallest absolute Gasteiger partial charge is 0.159 e. The highest BCUT2D eigenvalue weighted by Crippen LogP contribution is 2.23. The van der Waals surface area contributed by atoms with Gasteiger partial charge in [0.05, 0.1) is 12.1 Å². The quantitative estimate of drug-likeness (QED) is 0.898. The van der Waals surface area contributed by atoms with Crippen molar-refractivity contribution in [1.29, 1.82) is 5.26 Å². The molecule has 2 aromatic rings. The number of anilines is 2. The molecule has 5 heteroatoms. The fraction of sp³-hybridized carbons (Fsp3) is 0.167. The predicted octanol–water partition coefficient (Wildman–Crippen LogP) is 3.16. The Morgan fingerprint density at radius 2 is 2.18 bits per heavy atom. The number of aromatic nitrogens is 1. The molecular weight excluding hydrogens is 234 g/mol. The van der Waals surface area contributed by atoms with Crippen molar-refractivity contribution in [2.75, 3.05) is 11.9 Å². The van der Waals surface area contributed by atoms with Gasteiger partial charge >= 0.3 is 0 Å². The van der Waals surface area contributed by atoms with Gasteiger partial charge in [-0.3, -0.25) is 0 Å². The Kier molecular flexibility index (Phi) is 3.58. The lowest BCUT2D eigenvalue weighted by Crippen LogP contribution is -1.94. The molecule has 1 aromatic carbocycles. The first-order valence-electron chi connectivity index (χ1n) is 5.17. The van der Waals surface area contributed by atoms with Crippen molar-refractivity contribution in [3.63, 3.8) is 0 Å². The molecule has 1 heterocycles. The molecule has 0 aliphatic carbocycles. The third kappa shape index (κ3) is 2.74. The first-order chi connectivity index (χ1) is 8.33. The summed E-state index contributed by atoms with van der Waals surface area (Å²) >= 11 is 1.32. The summed E-state index contributed by atoms with van der Waals surface area (Å²) in [5.74, 6) is 1.43. The van der Waals surface area contributed by atoms with Crippen LogP contribution in [0.2, 0.25) is 0 Å². The molecule has 17 heavy (non-hydrogen) atoms. The maximum Gasteiger partial charge on any atom is 0.159 e. The molecule has 0 saturated carbocycles. The highest BCUT2D eigenvalue weighted by atomic mass is 32.1. The van der Waals surface area contributed by atoms with Gasteiger partial charge in [0.1, 0.15) is 16.7 Å². The van der Waals surface area contributed by atoms with E-state index in [1.54, 1.807) is 5.51 Å². The van der Waals surface area contributed by atoms with Crippen LogP contribution in [-0.4, -0.2) is 11.6 Å². The van der Waals surface area contributed by atoms with E-state index < -0.39 is 0 Å². The molecule has 1 N–H and O–H groups in total. The van der Waals surface area contributed by atoms with Crippen molar-refractivity contribution in [2.24, 2.45) is 0 Å². The van der Waals surface area contributed by atoms with Gasteiger partial charge in [-0.1, -0.05) is 0 Å². The monoisotopic (exact) mass is 245 g/mol. The van der Waals surface area contributed by atoms with Crippen LogP contribution < -0.4 is 10.1 Å². The van der Waals surface area contributed by atoms with Crippen molar-refractivity contribution in [2.45, 2.75) is 6.92 Å². The summed E-state index contributed by atoms with van der Waals surface area (Å²) in [7, 11) is 0. The Hall–Kier alpha value is -2.06. The highest BCUT2D eigenvalue weighted by Gasteiger charge is 2.05. The number of rotatable bonds is 4. The van der Waals surface area contributed by atoms with Crippen LogP contribution in [0, 0.1) is 11.3 Å². The number of ether oxygens (including phenoxy) is 1. The molecule has 0 amide bonds. The fourth-order valence-electron chi connectivity index (χ4n) is 1.35. The Labute approximate surface area is 103 Å². The maximum absolute atomic E-state index is 8.86. The topological polar surface area (TPSA) is 57.9 Å². The molecule has 0 saturated heterocycles. The first-order valence-corrected chi connectivity index (χ1v) is 6.05. The van der Waals surface area contributed by atoms with Gasteiger partial charge in [0, 0.05) is 5.69 Å². The molecule has 0 aliphatic heterocycles. The van der Waals surface area contributed by atoms with Crippen molar-refractivity contribution >= 4 is 22.8 Å². The van der Waals surface area contributed by atoms with Crippen LogP contribution in [0.15, 0.2) is 29.8 Å². The van der Waals surface area contributed by atoms with Crippen LogP contribution in [-0.2, 0) is 0 Å². The van der Waals surface area contributed by atoms with E-state index in [1.165, 1.54) is 11.3 Å². The van der Waals surface area contributed by atoms with E-state index in [1.807, 2.05) is 31.2 Å². The summed E-state index contributed by atoms with van der Waals surface area (Å²) in [6, 6.07) is 9.64. The van der Waals surface area contributed by atoms with Crippen molar-refractivity contribution in [3.8, 4) is 11.8 Å². The molecular formula is C12H11N3OS. The third-order valence-electron chi connectivity index (χ3n) is 2.10. The number of hydrogen-bond donors (Lipinski definition) is 1. The molecule has 1 aromatic heterocycles. The van der Waals surface area contributed by atoms with Gasteiger partial charge in [-0.05, 0) is 31.2 Å². The zero-order chi connectivity index (χ0) is 12.1. The summed E-state index contributed by atoms with van der Waals surface area (Å²) in [6.45, 7) is 2.60. The summed E-state index contributed by atoms with van der Waals surface area (Å²) in [6.07, 6.45) is 0. The second-order valence-corrected chi connectivity index (χ2v) is 4.08. The normalized spacial score (nSPS) is 9.65. The number of thiazole rings is 1. The van der Waals surface area contributed by atoms with Gasteiger partial charge in [0.15, 0.2) is 5.82 Å². The largest absolute Gasteiger partial charge is 0.494 e. The molecule has 0 bridgehead atoms. The standard InChI is InChI=1S/C12H11N3OS/c1-2-16-10-5-3-9(4-6-10)15-12-11(7-13)17-8-14-12/h3-6,8,15H,2H2,1H3. The van der Waals surface area contributed by atoms with E-state index in [2.05, 4.69) is 16.4 Å². The average molecular weight is 245 g/mol. The van der Waals surface area contributed by atoms with E-state index in [9.17, 15) is 0 Å². The number of hydrogen-bond acceptors (Lipinski definition) is 5. The molecule has 86 valence electrons. The van der Waals surface area contributed by atoms with Gasteiger partial charge in [-0.2, -0.15) is 5.26 Å². The number of benzene rings is 1. The van der Waals surface area contributed by atoms with E-state index in [0.717, 1.165) is 11.4 Å². The van der Waals surface area contributed by atoms with E-state index in [-0.39, 0.29) is 0 Å². The van der Waals surface area contributed by atoms with E-state index in [4.69, 9.17) is 10.00 Å². The Bertz CT molecular complexity index is 527. The zero-order valence-corrected chi connectivity index (χ0v) is 10.1. The van der Waals surface area contributed by atoms with Crippen LogP contribution in [0.4, 0.5) is 11.5 Å². The Morgan fingerprint density at radius 3 is 2.82 bits per heavy atom. The summed E-state index contributed by atoms with van der Waals surface area (Å²) in [5, 5.41) is 12.0. The number of nitrogens with one attached hydrogen (secondary N) is 1. The molecule has 0 fully saturated rings. The summed E-state index contributed by atoms with van der Waals surface area (Å²) in [4.78, 5) is 4.68. The predicted molar refractivity (Wildman–Crippen MR) is 67.7 cm³/mol. The lowest BCUT2D eigenvalue weighted by Gasteiger charge is -2.06. The fourth-order valence-corrected chi connectivity index (χ4v) is 1.88. The molecule has 2 rings (SSSR count). The van der Waals surface area contributed by atoms with Crippen LogP contribution >= 0.6 is 11.3 Å². The molecule has 0 radical (unpaired) electrons. The summed E-state index contributed by atoms with van der Waals surface area (Å²) in [5.41, 5.74) is 2.53. The number of nitriles is 1. The van der Waals surface area contributed by atoms with Crippen molar-refractivity contribution < 1.29 is 4.74 Å². The average Bonchev–Trinajstić information content (AvgIpc) is 2.79. The maximum atomic E-state index is 8.86. The summed E-state index contributed by atoms with van der Waals surface area (Å²) < 4.78 is 5.35. The minimum Gasteiger partial charge on any atom is -0.494 e. The Morgan fingerprint density at radius 1 is 1.41 bits per heavy atom. The first kappa shape index (κ1) is 11.4. The van der Waals surface area contributed by atoms with Crippen molar-refractivity contribution in [3.05, 3.63) is 34.7 Å². The lowest BCUT2D eigenvalue weighted by atomic mass is 10.3. The zero-order valence-electron chi connectivity index (χ0n) is 9.30. The Balaban J connectivity index is 2.12. The van der Waals surface area contributed by atoms with E-state index in [0.29, 0.717) is 17.3 Å². The van der Waals surface area contributed by atoms with Gasteiger partial charge in [0.2, 0.25) is 0 Å². The molecule has 0 atom stereocenters. The van der Waals surface area contributed by atoms with Gasteiger partial charge in [0.25, 0.3) is 0 Å². The number of nitrogens with zero attached hydrogens (tertiary/aromatic N) is 2. The molecule has 0 aliphatic rings. The minimum atomic E-state index is 0.582. The van der Waals surface area contributed by atoms with Crippen LogP contribution in [0.3, 0.4) is 0 Å². The highest BCUT2D eigenvalue weighted by molar-refractivity contribution is 7.10. The minimum absolute atomic E-state index is 0.582. The van der Waals surface area contributed by atoms with Crippen LogP contribution in [0.5, 0.6) is 5.75 Å². The van der Waals surface area contributed by atoms with Gasteiger partial charge in [-0.25, -0.2) is 4.98 Å². The molecule has 0 unspecified atom stereocenters. The van der Waals surface area contributed by atoms with Crippen LogP contribution in [0.25, 0.3) is 0 Å². The van der Waals surface area contributed by atoms with Crippen molar-refractivity contribution in [1.82, 2.24) is 4.98 Å². The van der Waals surface area contributed by atoms with Crippen LogP contribution in [0.1, 0.15) is 11.8 Å². The molecule has 4 nitrogen and oxygen atoms in total. The lowest BCUT2D eigenvalue weighted by molar-refractivity contribution is 0.340. The second kappa shape index (κ2) is 5.32.